The molecule has 0 unspecified atom stereocenters. The summed E-state index contributed by atoms with van der Waals surface area (Å²) in [5, 5.41) is 11.4. The molecule has 2 aliphatic rings. The average Bonchev–Trinajstić information content (AvgIpc) is 2.87. The van der Waals surface area contributed by atoms with Crippen LogP contribution in [0.15, 0.2) is 24.3 Å². The van der Waals surface area contributed by atoms with Crippen LogP contribution in [0.2, 0.25) is 0 Å². The zero-order chi connectivity index (χ0) is 16.1. The molecule has 0 fully saturated rings. The number of halogens is 2. The van der Waals surface area contributed by atoms with E-state index in [2.05, 4.69) is 17.3 Å². The lowest BCUT2D eigenvalue weighted by atomic mass is 9.87. The van der Waals surface area contributed by atoms with Gasteiger partial charge in [0.25, 0.3) is 0 Å². The Morgan fingerprint density at radius 3 is 2.52 bits per heavy atom. The van der Waals surface area contributed by atoms with Gasteiger partial charge in [0.15, 0.2) is 0 Å². The van der Waals surface area contributed by atoms with Gasteiger partial charge in [-0.3, -0.25) is 0 Å². The van der Waals surface area contributed by atoms with E-state index < -0.39 is 11.6 Å². The summed E-state index contributed by atoms with van der Waals surface area (Å²) in [6, 6.07) is 5.54. The van der Waals surface area contributed by atoms with Gasteiger partial charge in [0, 0.05) is 30.4 Å². The number of nitrogens with zero attached hydrogens (tertiary/aromatic N) is 1. The Bertz CT molecular complexity index is 809. The maximum absolute atomic E-state index is 13.7. The maximum atomic E-state index is 13.7. The van der Waals surface area contributed by atoms with Crippen molar-refractivity contribution in [2.75, 3.05) is 25.5 Å². The Kier molecular flexibility index (Phi) is 3.20. The number of likely N-dealkylation sites (N-methyl/N-ethyl adjacent to an activating group) is 1. The third-order valence-corrected chi connectivity index (χ3v) is 4.66. The highest BCUT2D eigenvalue weighted by molar-refractivity contribution is 6.11. The summed E-state index contributed by atoms with van der Waals surface area (Å²) in [4.78, 5) is 2.22. The van der Waals surface area contributed by atoms with Crippen molar-refractivity contribution in [2.24, 2.45) is 0 Å². The van der Waals surface area contributed by atoms with Crippen molar-refractivity contribution in [3.8, 4) is 11.1 Å². The smallest absolute Gasteiger partial charge is 0.126 e. The van der Waals surface area contributed by atoms with Crippen LogP contribution in [-0.4, -0.2) is 30.7 Å². The van der Waals surface area contributed by atoms with E-state index >= 15 is 0 Å². The molecule has 2 aromatic carbocycles. The molecule has 0 spiro atoms. The lowest BCUT2D eigenvalue weighted by molar-refractivity contribution is 0.314. The number of hydrogen-bond donors (Lipinski definition) is 2. The zero-order valence-electron chi connectivity index (χ0n) is 12.8. The van der Waals surface area contributed by atoms with Crippen LogP contribution in [0.5, 0.6) is 0 Å². The second kappa shape index (κ2) is 5.13. The minimum absolute atomic E-state index is 0.506. The number of fused-ring (bicyclic) bond motifs is 3. The predicted octanol–water partition coefficient (Wildman–Crippen LogP) is 3.41. The summed E-state index contributed by atoms with van der Waals surface area (Å²) in [6.07, 6.45) is 0.835. The zero-order valence-corrected chi connectivity index (χ0v) is 12.8. The third kappa shape index (κ3) is 2.32. The molecule has 23 heavy (non-hydrogen) atoms. The first-order valence-corrected chi connectivity index (χ1v) is 7.68. The molecule has 118 valence electrons. The third-order valence-electron chi connectivity index (χ3n) is 4.66. The van der Waals surface area contributed by atoms with Gasteiger partial charge >= 0.3 is 0 Å². The van der Waals surface area contributed by atoms with Crippen LogP contribution in [0.4, 0.5) is 14.5 Å². The van der Waals surface area contributed by atoms with Gasteiger partial charge in [0.1, 0.15) is 11.6 Å². The summed E-state index contributed by atoms with van der Waals surface area (Å²) in [5.41, 5.74) is 6.06. The molecule has 2 heterocycles. The van der Waals surface area contributed by atoms with Gasteiger partial charge in [-0.05, 0) is 53.9 Å². The standard InChI is InChI=1S/C18H17F2N3/c1-23-3-2-13-14(10-4-11(19)6-12(20)5-10)7-15-17(21)8-22-18(15)16(13)9-23/h4-7,21-22H,2-3,8-9H2,1H3. The summed E-state index contributed by atoms with van der Waals surface area (Å²) < 4.78 is 27.3. The molecular formula is C18H17F2N3. The van der Waals surface area contributed by atoms with Crippen molar-refractivity contribution in [1.82, 2.24) is 4.90 Å². The van der Waals surface area contributed by atoms with Crippen molar-refractivity contribution in [3.63, 3.8) is 0 Å². The first-order chi connectivity index (χ1) is 11.0. The van der Waals surface area contributed by atoms with Crippen LogP contribution in [0.1, 0.15) is 16.7 Å². The van der Waals surface area contributed by atoms with Gasteiger partial charge < -0.3 is 15.6 Å². The Labute approximate surface area is 133 Å². The predicted molar refractivity (Wildman–Crippen MR) is 87.2 cm³/mol. The molecule has 2 aromatic rings. The molecule has 5 heteroatoms. The second-order valence-electron chi connectivity index (χ2n) is 6.28. The second-order valence-corrected chi connectivity index (χ2v) is 6.28. The molecule has 0 saturated carbocycles. The highest BCUT2D eigenvalue weighted by Crippen LogP contribution is 2.39. The first kappa shape index (κ1) is 14.3. The highest BCUT2D eigenvalue weighted by Gasteiger charge is 2.27. The molecule has 0 aliphatic carbocycles. The lowest BCUT2D eigenvalue weighted by Crippen LogP contribution is -2.27. The van der Waals surface area contributed by atoms with E-state index in [0.717, 1.165) is 53.5 Å². The maximum Gasteiger partial charge on any atom is 0.126 e. The highest BCUT2D eigenvalue weighted by atomic mass is 19.1. The Morgan fingerprint density at radius 2 is 1.78 bits per heavy atom. The number of benzene rings is 2. The molecule has 3 nitrogen and oxygen atoms in total. The largest absolute Gasteiger partial charge is 0.379 e. The molecule has 2 N–H and O–H groups in total. The lowest BCUT2D eigenvalue weighted by Gasteiger charge is -2.29. The van der Waals surface area contributed by atoms with Gasteiger partial charge in [-0.1, -0.05) is 0 Å². The quantitative estimate of drug-likeness (QED) is 0.847. The fraction of sp³-hybridized carbons (Fsp3) is 0.278. The topological polar surface area (TPSA) is 39.1 Å². The molecule has 0 saturated heterocycles. The molecule has 0 aromatic heterocycles. The SMILES string of the molecule is CN1CCc2c(-c3cc(F)cc(F)c3)cc3c(c2C1)NCC3=N. The first-order valence-electron chi connectivity index (χ1n) is 7.68. The number of hydrogen-bond acceptors (Lipinski definition) is 3. The summed E-state index contributed by atoms with van der Waals surface area (Å²) in [7, 11) is 2.06. The van der Waals surface area contributed by atoms with Crippen LogP contribution < -0.4 is 5.32 Å². The van der Waals surface area contributed by atoms with E-state index in [9.17, 15) is 8.78 Å². The van der Waals surface area contributed by atoms with Gasteiger partial charge in [0.05, 0.1) is 12.3 Å². The van der Waals surface area contributed by atoms with Gasteiger partial charge in [-0.25, -0.2) is 8.78 Å². The van der Waals surface area contributed by atoms with E-state index in [4.69, 9.17) is 5.41 Å². The van der Waals surface area contributed by atoms with Gasteiger partial charge in [-0.2, -0.15) is 0 Å². The fourth-order valence-electron chi connectivity index (χ4n) is 3.57. The molecule has 2 aliphatic heterocycles. The van der Waals surface area contributed by atoms with Gasteiger partial charge in [0.2, 0.25) is 0 Å². The van der Waals surface area contributed by atoms with Crippen LogP contribution in [0.25, 0.3) is 11.1 Å². The van der Waals surface area contributed by atoms with Gasteiger partial charge in [-0.15, -0.1) is 0 Å². The monoisotopic (exact) mass is 313 g/mol. The summed E-state index contributed by atoms with van der Waals surface area (Å²) >= 11 is 0. The number of anilines is 1. The van der Waals surface area contributed by atoms with Crippen molar-refractivity contribution < 1.29 is 8.78 Å². The van der Waals surface area contributed by atoms with Crippen molar-refractivity contribution >= 4 is 11.4 Å². The summed E-state index contributed by atoms with van der Waals surface area (Å²) in [6.45, 7) is 2.20. The Hall–Kier alpha value is -2.27. The molecule has 0 bridgehead atoms. The van der Waals surface area contributed by atoms with E-state index in [1.54, 1.807) is 0 Å². The summed E-state index contributed by atoms with van der Waals surface area (Å²) in [5.74, 6) is -1.15. The van der Waals surface area contributed by atoms with Crippen LogP contribution in [0.3, 0.4) is 0 Å². The van der Waals surface area contributed by atoms with Crippen molar-refractivity contribution in [1.29, 1.82) is 5.41 Å². The van der Waals surface area contributed by atoms with E-state index in [-0.39, 0.29) is 0 Å². The van der Waals surface area contributed by atoms with Crippen LogP contribution >= 0.6 is 0 Å². The molecule has 0 atom stereocenters. The van der Waals surface area contributed by atoms with Crippen molar-refractivity contribution in [3.05, 3.63) is 52.6 Å². The van der Waals surface area contributed by atoms with Crippen LogP contribution in [-0.2, 0) is 13.0 Å². The molecule has 0 amide bonds. The van der Waals surface area contributed by atoms with E-state index in [0.29, 0.717) is 17.8 Å². The Morgan fingerprint density at radius 1 is 1.04 bits per heavy atom. The van der Waals surface area contributed by atoms with E-state index in [1.165, 1.54) is 12.1 Å². The average molecular weight is 313 g/mol. The number of rotatable bonds is 1. The minimum Gasteiger partial charge on any atom is -0.379 e. The normalized spacial score (nSPS) is 16.9. The molecular weight excluding hydrogens is 296 g/mol. The molecule has 0 radical (unpaired) electrons. The van der Waals surface area contributed by atoms with Crippen molar-refractivity contribution in [2.45, 2.75) is 13.0 Å². The number of nitrogens with one attached hydrogen (secondary N) is 2. The van der Waals surface area contributed by atoms with Crippen LogP contribution in [0, 0.1) is 17.0 Å². The minimum atomic E-state index is -0.574. The molecule has 4 rings (SSSR count). The Balaban J connectivity index is 1.98. The fourth-order valence-corrected chi connectivity index (χ4v) is 3.57. The van der Waals surface area contributed by atoms with E-state index in [1.807, 2.05) is 6.07 Å².